The predicted molar refractivity (Wildman–Crippen MR) is 35.9 cm³/mol. The molecule has 0 amide bonds. The minimum Gasteiger partial charge on any atom is -0.500 e. The molecule has 1 nitrogen and oxygen atoms in total. The summed E-state index contributed by atoms with van der Waals surface area (Å²) in [5.41, 5.74) is 1.37. The SMILES string of the molecule is CCCCO/C=C/Cl. The van der Waals surface area contributed by atoms with Crippen molar-refractivity contribution in [1.29, 1.82) is 0 Å². The molecule has 2 heteroatoms. The molecule has 0 N–H and O–H groups in total. The van der Waals surface area contributed by atoms with Gasteiger partial charge in [0.25, 0.3) is 0 Å². The van der Waals surface area contributed by atoms with E-state index in [1.165, 1.54) is 11.8 Å². The summed E-state index contributed by atoms with van der Waals surface area (Å²) in [7, 11) is 0. The molecule has 0 aromatic heterocycles. The highest BCUT2D eigenvalue weighted by molar-refractivity contribution is 6.25. The van der Waals surface area contributed by atoms with Crippen molar-refractivity contribution in [2.24, 2.45) is 0 Å². The first kappa shape index (κ1) is 7.83. The maximum Gasteiger partial charge on any atom is 0.0941 e. The molecule has 0 spiro atoms. The van der Waals surface area contributed by atoms with Gasteiger partial charge in [0, 0.05) is 5.54 Å². The fourth-order valence-electron chi connectivity index (χ4n) is 0.332. The molecular weight excluding hydrogens is 124 g/mol. The third-order valence-electron chi connectivity index (χ3n) is 0.763. The molecule has 48 valence electrons. The third kappa shape index (κ3) is 5.83. The van der Waals surface area contributed by atoms with Crippen molar-refractivity contribution >= 4 is 11.6 Å². The first-order valence-corrected chi connectivity index (χ1v) is 3.22. The number of hydrogen-bond donors (Lipinski definition) is 0. The molecule has 0 radical (unpaired) electrons. The van der Waals surface area contributed by atoms with Crippen LogP contribution in [0, 0.1) is 0 Å². The van der Waals surface area contributed by atoms with Gasteiger partial charge in [0.2, 0.25) is 0 Å². The Bertz CT molecular complexity index is 61.5. The predicted octanol–water partition coefficient (Wildman–Crippen LogP) is 2.51. The fourth-order valence-corrected chi connectivity index (χ4v) is 0.405. The van der Waals surface area contributed by atoms with Gasteiger partial charge in [-0.3, -0.25) is 0 Å². The van der Waals surface area contributed by atoms with E-state index in [1.54, 1.807) is 0 Å². The fraction of sp³-hybridized carbons (Fsp3) is 0.667. The molecule has 0 aliphatic carbocycles. The lowest BCUT2D eigenvalue weighted by molar-refractivity contribution is 0.244. The highest BCUT2D eigenvalue weighted by Crippen LogP contribution is 1.88. The van der Waals surface area contributed by atoms with Crippen molar-refractivity contribution in [3.63, 3.8) is 0 Å². The molecule has 0 unspecified atom stereocenters. The summed E-state index contributed by atoms with van der Waals surface area (Å²) in [5.74, 6) is 0. The molecule has 0 aromatic carbocycles. The van der Waals surface area contributed by atoms with E-state index in [-0.39, 0.29) is 0 Å². The van der Waals surface area contributed by atoms with Crippen LogP contribution in [0.3, 0.4) is 0 Å². The largest absolute Gasteiger partial charge is 0.500 e. The summed E-state index contributed by atoms with van der Waals surface area (Å²) >= 11 is 5.17. The standard InChI is InChI=1S/C6H11ClO/c1-2-3-5-8-6-4-7/h4,6H,2-3,5H2,1H3/b6-4+. The van der Waals surface area contributed by atoms with E-state index in [1.807, 2.05) is 0 Å². The maximum atomic E-state index is 5.17. The van der Waals surface area contributed by atoms with Crippen LogP contribution in [0.2, 0.25) is 0 Å². The lowest BCUT2D eigenvalue weighted by Crippen LogP contribution is -1.83. The molecule has 0 heterocycles. The van der Waals surface area contributed by atoms with Gasteiger partial charge in [-0.05, 0) is 6.42 Å². The van der Waals surface area contributed by atoms with Crippen LogP contribution in [0.1, 0.15) is 19.8 Å². The van der Waals surface area contributed by atoms with E-state index in [0.717, 1.165) is 19.4 Å². The number of ether oxygens (including phenoxy) is 1. The summed E-state index contributed by atoms with van der Waals surface area (Å²) in [6, 6.07) is 0. The minimum atomic E-state index is 0.778. The monoisotopic (exact) mass is 134 g/mol. The van der Waals surface area contributed by atoms with Crippen LogP contribution in [0.15, 0.2) is 11.8 Å². The zero-order valence-electron chi connectivity index (χ0n) is 5.06. The Labute approximate surface area is 55.3 Å². The highest BCUT2D eigenvalue weighted by Gasteiger charge is 1.77. The van der Waals surface area contributed by atoms with Crippen LogP contribution >= 0.6 is 11.6 Å². The molecule has 0 rings (SSSR count). The zero-order valence-corrected chi connectivity index (χ0v) is 5.82. The molecule has 0 aromatic rings. The van der Waals surface area contributed by atoms with Gasteiger partial charge in [-0.25, -0.2) is 0 Å². The lowest BCUT2D eigenvalue weighted by Gasteiger charge is -1.94. The van der Waals surface area contributed by atoms with Gasteiger partial charge in [-0.15, -0.1) is 0 Å². The lowest BCUT2D eigenvalue weighted by atomic mass is 10.4. The molecular formula is C6H11ClO. The molecule has 0 fully saturated rings. The number of halogens is 1. The average Bonchev–Trinajstić information content (AvgIpc) is 1.81. The van der Waals surface area contributed by atoms with E-state index >= 15 is 0 Å². The van der Waals surface area contributed by atoms with Crippen LogP contribution in [-0.2, 0) is 4.74 Å². The Morgan fingerprint density at radius 3 is 2.88 bits per heavy atom. The Hall–Kier alpha value is -0.170. The summed E-state index contributed by atoms with van der Waals surface area (Å²) in [6.07, 6.45) is 3.76. The van der Waals surface area contributed by atoms with Gasteiger partial charge in [0.05, 0.1) is 12.9 Å². The summed E-state index contributed by atoms with van der Waals surface area (Å²) in [5, 5.41) is 0. The molecule has 8 heavy (non-hydrogen) atoms. The normalized spacial score (nSPS) is 10.2. The van der Waals surface area contributed by atoms with E-state index in [2.05, 4.69) is 6.92 Å². The van der Waals surface area contributed by atoms with Gasteiger partial charge >= 0.3 is 0 Å². The van der Waals surface area contributed by atoms with E-state index < -0.39 is 0 Å². The van der Waals surface area contributed by atoms with Gasteiger partial charge < -0.3 is 4.74 Å². The third-order valence-corrected chi connectivity index (χ3v) is 0.866. The van der Waals surface area contributed by atoms with Crippen LogP contribution in [-0.4, -0.2) is 6.61 Å². The molecule has 0 aliphatic rings. The smallest absolute Gasteiger partial charge is 0.0941 e. The molecule has 0 saturated heterocycles. The first-order chi connectivity index (χ1) is 3.91. The van der Waals surface area contributed by atoms with Crippen molar-refractivity contribution in [3.8, 4) is 0 Å². The topological polar surface area (TPSA) is 9.23 Å². The Kier molecular flexibility index (Phi) is 6.68. The van der Waals surface area contributed by atoms with Crippen LogP contribution < -0.4 is 0 Å². The first-order valence-electron chi connectivity index (χ1n) is 2.78. The van der Waals surface area contributed by atoms with Gasteiger partial charge in [0.1, 0.15) is 0 Å². The van der Waals surface area contributed by atoms with Crippen molar-refractivity contribution in [3.05, 3.63) is 11.8 Å². The average molecular weight is 135 g/mol. The second kappa shape index (κ2) is 6.83. The minimum absolute atomic E-state index is 0.778. The van der Waals surface area contributed by atoms with Crippen LogP contribution in [0.5, 0.6) is 0 Å². The molecule has 0 saturated carbocycles. The van der Waals surface area contributed by atoms with Crippen molar-refractivity contribution in [1.82, 2.24) is 0 Å². The Balaban J connectivity index is 2.72. The Morgan fingerprint density at radius 1 is 1.62 bits per heavy atom. The number of hydrogen-bond acceptors (Lipinski definition) is 1. The summed E-state index contributed by atoms with van der Waals surface area (Å²) < 4.78 is 4.91. The zero-order chi connectivity index (χ0) is 6.24. The molecule has 0 aliphatic heterocycles. The van der Waals surface area contributed by atoms with Crippen LogP contribution in [0.4, 0.5) is 0 Å². The summed E-state index contributed by atoms with van der Waals surface area (Å²) in [4.78, 5) is 0. The summed E-state index contributed by atoms with van der Waals surface area (Å²) in [6.45, 7) is 2.90. The van der Waals surface area contributed by atoms with Gasteiger partial charge in [-0.1, -0.05) is 24.9 Å². The molecule has 0 bridgehead atoms. The van der Waals surface area contributed by atoms with Gasteiger partial charge in [0.15, 0.2) is 0 Å². The van der Waals surface area contributed by atoms with Gasteiger partial charge in [-0.2, -0.15) is 0 Å². The number of unbranched alkanes of at least 4 members (excludes halogenated alkanes) is 1. The van der Waals surface area contributed by atoms with E-state index in [9.17, 15) is 0 Å². The number of rotatable bonds is 4. The van der Waals surface area contributed by atoms with Crippen molar-refractivity contribution in [2.45, 2.75) is 19.8 Å². The van der Waals surface area contributed by atoms with Crippen molar-refractivity contribution < 1.29 is 4.74 Å². The quantitative estimate of drug-likeness (QED) is 0.424. The Morgan fingerprint density at radius 2 is 2.38 bits per heavy atom. The molecule has 0 atom stereocenters. The van der Waals surface area contributed by atoms with E-state index in [4.69, 9.17) is 16.3 Å². The second-order valence-electron chi connectivity index (χ2n) is 1.49. The highest BCUT2D eigenvalue weighted by atomic mass is 35.5. The van der Waals surface area contributed by atoms with E-state index in [0.29, 0.717) is 0 Å². The second-order valence-corrected chi connectivity index (χ2v) is 1.74. The van der Waals surface area contributed by atoms with Crippen molar-refractivity contribution in [2.75, 3.05) is 6.61 Å². The maximum absolute atomic E-state index is 5.17. The van der Waals surface area contributed by atoms with Crippen LogP contribution in [0.25, 0.3) is 0 Å².